The van der Waals surface area contributed by atoms with E-state index in [2.05, 4.69) is 24.5 Å². The molecule has 0 aliphatic carbocycles. The number of nitrogens with one attached hydrogen (secondary N) is 2. The number of rotatable bonds is 1. The predicted octanol–water partition coefficient (Wildman–Crippen LogP) is 0.995. The van der Waals surface area contributed by atoms with Crippen LogP contribution in [0.2, 0.25) is 0 Å². The van der Waals surface area contributed by atoms with Crippen LogP contribution in [0, 0.1) is 0 Å². The van der Waals surface area contributed by atoms with Gasteiger partial charge in [0.2, 0.25) is 0 Å². The molecule has 0 aromatic carbocycles. The molecule has 4 heteroatoms. The Labute approximate surface area is 78.9 Å². The van der Waals surface area contributed by atoms with Gasteiger partial charge in [0.05, 0.1) is 0 Å². The van der Waals surface area contributed by atoms with E-state index in [0.29, 0.717) is 5.11 Å². The van der Waals surface area contributed by atoms with Gasteiger partial charge in [-0.1, -0.05) is 0 Å². The lowest BCUT2D eigenvalue weighted by Gasteiger charge is -2.44. The predicted molar refractivity (Wildman–Crippen MR) is 53.0 cm³/mol. The molecule has 1 aliphatic heterocycles. The number of methoxy groups -OCH3 is 1. The Morgan fingerprint density at radius 2 is 1.92 bits per heavy atom. The van der Waals surface area contributed by atoms with Crippen molar-refractivity contribution in [1.82, 2.24) is 10.6 Å². The van der Waals surface area contributed by atoms with E-state index in [4.69, 9.17) is 17.0 Å². The molecule has 0 aromatic rings. The minimum atomic E-state index is -0.328. The van der Waals surface area contributed by atoms with Crippen molar-refractivity contribution in [1.29, 1.82) is 0 Å². The molecule has 1 fully saturated rings. The van der Waals surface area contributed by atoms with Crippen molar-refractivity contribution in [2.45, 2.75) is 38.5 Å². The molecule has 1 rings (SSSR count). The van der Waals surface area contributed by atoms with Gasteiger partial charge in [0, 0.05) is 19.1 Å². The van der Waals surface area contributed by atoms with Gasteiger partial charge < -0.3 is 15.4 Å². The summed E-state index contributed by atoms with van der Waals surface area (Å²) >= 11 is 5.07. The van der Waals surface area contributed by atoms with Crippen LogP contribution in [0.3, 0.4) is 0 Å². The smallest absolute Gasteiger partial charge is 0.168 e. The van der Waals surface area contributed by atoms with Crippen molar-refractivity contribution < 1.29 is 4.74 Å². The summed E-state index contributed by atoms with van der Waals surface area (Å²) in [6.45, 7) is 6.22. The van der Waals surface area contributed by atoms with Crippen molar-refractivity contribution in [3.8, 4) is 0 Å². The third-order valence-electron chi connectivity index (χ3n) is 2.06. The molecule has 0 spiro atoms. The zero-order valence-electron chi connectivity index (χ0n) is 8.02. The normalized spacial score (nSPS) is 33.8. The quantitative estimate of drug-likeness (QED) is 0.601. The third kappa shape index (κ3) is 2.08. The van der Waals surface area contributed by atoms with Crippen LogP contribution in [0.5, 0.6) is 0 Å². The average molecular weight is 188 g/mol. The average Bonchev–Trinajstić information content (AvgIpc) is 1.82. The minimum absolute atomic E-state index is 0.00704. The van der Waals surface area contributed by atoms with Gasteiger partial charge in [0.1, 0.15) is 5.72 Å². The van der Waals surface area contributed by atoms with Crippen LogP contribution in [-0.4, -0.2) is 23.5 Å². The summed E-state index contributed by atoms with van der Waals surface area (Å²) < 4.78 is 5.35. The Balaban J connectivity index is 2.76. The van der Waals surface area contributed by atoms with E-state index >= 15 is 0 Å². The van der Waals surface area contributed by atoms with E-state index in [9.17, 15) is 0 Å². The van der Waals surface area contributed by atoms with Crippen LogP contribution in [0.15, 0.2) is 0 Å². The van der Waals surface area contributed by atoms with E-state index in [1.165, 1.54) is 0 Å². The van der Waals surface area contributed by atoms with Crippen molar-refractivity contribution in [3.05, 3.63) is 0 Å². The van der Waals surface area contributed by atoms with E-state index in [-0.39, 0.29) is 11.3 Å². The van der Waals surface area contributed by atoms with Crippen molar-refractivity contribution in [3.63, 3.8) is 0 Å². The molecule has 12 heavy (non-hydrogen) atoms. The Kier molecular flexibility index (Phi) is 2.31. The van der Waals surface area contributed by atoms with Crippen LogP contribution in [0.25, 0.3) is 0 Å². The first-order valence-electron chi connectivity index (χ1n) is 4.02. The van der Waals surface area contributed by atoms with Crippen molar-refractivity contribution in [2.75, 3.05) is 7.11 Å². The van der Waals surface area contributed by atoms with Gasteiger partial charge in [-0.15, -0.1) is 0 Å². The Morgan fingerprint density at radius 3 is 2.33 bits per heavy atom. The second kappa shape index (κ2) is 2.85. The molecule has 0 bridgehead atoms. The van der Waals surface area contributed by atoms with E-state index in [0.717, 1.165) is 6.42 Å². The molecule has 70 valence electrons. The summed E-state index contributed by atoms with van der Waals surface area (Å²) in [5.74, 6) is 0. The maximum atomic E-state index is 5.35. The molecule has 0 amide bonds. The summed E-state index contributed by atoms with van der Waals surface area (Å²) in [6.07, 6.45) is 0.886. The summed E-state index contributed by atoms with van der Waals surface area (Å²) in [5.41, 5.74) is -0.321. The molecular weight excluding hydrogens is 172 g/mol. The molecule has 0 radical (unpaired) electrons. The van der Waals surface area contributed by atoms with Gasteiger partial charge in [-0.05, 0) is 33.0 Å². The first kappa shape index (κ1) is 9.74. The second-order valence-electron chi connectivity index (χ2n) is 4.07. The molecule has 1 atom stereocenters. The number of ether oxygens (including phenoxy) is 1. The summed E-state index contributed by atoms with van der Waals surface area (Å²) in [4.78, 5) is 0. The highest BCUT2D eigenvalue weighted by Crippen LogP contribution is 2.24. The van der Waals surface area contributed by atoms with Crippen molar-refractivity contribution >= 4 is 17.3 Å². The first-order valence-corrected chi connectivity index (χ1v) is 4.43. The molecule has 0 aromatic heterocycles. The molecule has 1 heterocycles. The number of hydrogen-bond donors (Lipinski definition) is 2. The number of thiocarbonyl (C=S) groups is 1. The molecule has 1 aliphatic rings. The fraction of sp³-hybridized carbons (Fsp3) is 0.875. The van der Waals surface area contributed by atoms with Gasteiger partial charge in [-0.3, -0.25) is 0 Å². The van der Waals surface area contributed by atoms with Gasteiger partial charge in [0.25, 0.3) is 0 Å². The van der Waals surface area contributed by atoms with Crippen molar-refractivity contribution in [2.24, 2.45) is 0 Å². The lowest BCUT2D eigenvalue weighted by atomic mass is 9.91. The molecule has 1 unspecified atom stereocenters. The Bertz CT molecular complexity index is 205. The van der Waals surface area contributed by atoms with Gasteiger partial charge in [-0.2, -0.15) is 0 Å². The zero-order valence-corrected chi connectivity index (χ0v) is 8.84. The molecular formula is C8H16N2OS. The van der Waals surface area contributed by atoms with Crippen LogP contribution < -0.4 is 10.6 Å². The monoisotopic (exact) mass is 188 g/mol. The highest BCUT2D eigenvalue weighted by molar-refractivity contribution is 7.80. The fourth-order valence-electron chi connectivity index (χ4n) is 1.63. The van der Waals surface area contributed by atoms with E-state index < -0.39 is 0 Å². The largest absolute Gasteiger partial charge is 0.359 e. The Morgan fingerprint density at radius 1 is 1.33 bits per heavy atom. The first-order chi connectivity index (χ1) is 5.37. The van der Waals surface area contributed by atoms with E-state index in [1.807, 2.05) is 6.92 Å². The topological polar surface area (TPSA) is 33.3 Å². The minimum Gasteiger partial charge on any atom is -0.359 e. The number of hydrogen-bond acceptors (Lipinski definition) is 2. The summed E-state index contributed by atoms with van der Waals surface area (Å²) in [7, 11) is 1.69. The van der Waals surface area contributed by atoms with Gasteiger partial charge in [-0.25, -0.2) is 0 Å². The lowest BCUT2D eigenvalue weighted by Crippen LogP contribution is -2.65. The third-order valence-corrected chi connectivity index (χ3v) is 2.26. The van der Waals surface area contributed by atoms with Crippen LogP contribution in [-0.2, 0) is 4.74 Å². The molecule has 3 nitrogen and oxygen atoms in total. The second-order valence-corrected chi connectivity index (χ2v) is 4.48. The lowest BCUT2D eigenvalue weighted by molar-refractivity contribution is -0.0390. The Hall–Kier alpha value is -0.350. The maximum absolute atomic E-state index is 5.35. The van der Waals surface area contributed by atoms with Crippen LogP contribution in [0.1, 0.15) is 27.2 Å². The van der Waals surface area contributed by atoms with Crippen LogP contribution in [0.4, 0.5) is 0 Å². The van der Waals surface area contributed by atoms with Gasteiger partial charge >= 0.3 is 0 Å². The molecule has 1 saturated heterocycles. The van der Waals surface area contributed by atoms with E-state index in [1.54, 1.807) is 7.11 Å². The summed E-state index contributed by atoms with van der Waals surface area (Å²) in [6, 6.07) is 0. The highest BCUT2D eigenvalue weighted by atomic mass is 32.1. The molecule has 2 N–H and O–H groups in total. The maximum Gasteiger partial charge on any atom is 0.168 e. The summed E-state index contributed by atoms with van der Waals surface area (Å²) in [5, 5.41) is 6.94. The van der Waals surface area contributed by atoms with Crippen LogP contribution >= 0.6 is 12.2 Å². The zero-order chi connectivity index (χ0) is 9.41. The standard InChI is InChI=1S/C8H16N2OS/c1-7(2)5-8(3,11-4)10-6(12)9-7/h5H2,1-4H3,(H2,9,10,12). The SMILES string of the molecule is COC1(C)CC(C)(C)NC(=S)N1. The fourth-order valence-corrected chi connectivity index (χ4v) is 2.13. The molecule has 0 saturated carbocycles. The van der Waals surface area contributed by atoms with Gasteiger partial charge in [0.15, 0.2) is 5.11 Å². The highest BCUT2D eigenvalue weighted by Gasteiger charge is 2.38.